The molecule has 2 N–H and O–H groups in total. The Hall–Kier alpha value is -2.09. The van der Waals surface area contributed by atoms with Gasteiger partial charge in [0, 0.05) is 12.7 Å². The van der Waals surface area contributed by atoms with Gasteiger partial charge in [-0.15, -0.1) is 10.2 Å². The highest BCUT2D eigenvalue weighted by Crippen LogP contribution is 2.18. The number of aliphatic hydroxyl groups excluding tert-OH is 1. The molecule has 2 heterocycles. The summed E-state index contributed by atoms with van der Waals surface area (Å²) in [6.07, 6.45) is -1.58. The van der Waals surface area contributed by atoms with E-state index in [4.69, 9.17) is 0 Å². The van der Waals surface area contributed by atoms with Crippen LogP contribution in [0.25, 0.3) is 5.65 Å². The minimum Gasteiger partial charge on any atom is -0.391 e. The Labute approximate surface area is 126 Å². The number of carbonyl (C=O) groups excluding carboxylic acids is 1. The van der Waals surface area contributed by atoms with Crippen LogP contribution in [0.5, 0.6) is 0 Å². The van der Waals surface area contributed by atoms with E-state index in [0.717, 1.165) is 4.40 Å². The smallest absolute Gasteiger partial charge is 0.297 e. The lowest BCUT2D eigenvalue weighted by atomic mass is 10.1. The third-order valence-corrected chi connectivity index (χ3v) is 3.13. The zero-order valence-electron chi connectivity index (χ0n) is 12.3. The molecule has 8 heteroatoms. The van der Waals surface area contributed by atoms with E-state index in [2.05, 4.69) is 15.5 Å². The number of rotatable bonds is 6. The highest BCUT2D eigenvalue weighted by Gasteiger charge is 2.17. The first-order chi connectivity index (χ1) is 10.4. The molecule has 0 spiro atoms. The van der Waals surface area contributed by atoms with E-state index in [0.29, 0.717) is 12.3 Å². The molecule has 0 aromatic carbocycles. The van der Waals surface area contributed by atoms with Crippen molar-refractivity contribution in [3.8, 4) is 0 Å². The van der Waals surface area contributed by atoms with Gasteiger partial charge in [0.25, 0.3) is 12.3 Å². The molecule has 1 atom stereocenters. The molecule has 0 aliphatic rings. The van der Waals surface area contributed by atoms with Crippen LogP contribution in [0.4, 0.5) is 8.78 Å². The predicted octanol–water partition coefficient (Wildman–Crippen LogP) is 1.80. The van der Waals surface area contributed by atoms with Gasteiger partial charge >= 0.3 is 0 Å². The van der Waals surface area contributed by atoms with Crippen LogP contribution in [0.1, 0.15) is 42.9 Å². The van der Waals surface area contributed by atoms with Crippen LogP contribution in [0, 0.1) is 5.92 Å². The number of aromatic nitrogens is 3. The zero-order valence-corrected chi connectivity index (χ0v) is 12.3. The van der Waals surface area contributed by atoms with Gasteiger partial charge in [0.15, 0.2) is 5.65 Å². The molecule has 6 nitrogen and oxygen atoms in total. The number of carbonyl (C=O) groups is 1. The molecule has 0 bridgehead atoms. The van der Waals surface area contributed by atoms with Crippen molar-refractivity contribution >= 4 is 11.6 Å². The van der Waals surface area contributed by atoms with Gasteiger partial charge in [0.1, 0.15) is 0 Å². The first-order valence-corrected chi connectivity index (χ1v) is 6.97. The fourth-order valence-electron chi connectivity index (χ4n) is 2.13. The van der Waals surface area contributed by atoms with E-state index in [1.54, 1.807) is 0 Å². The summed E-state index contributed by atoms with van der Waals surface area (Å²) in [7, 11) is 0. The van der Waals surface area contributed by atoms with Gasteiger partial charge < -0.3 is 10.4 Å². The largest absolute Gasteiger partial charge is 0.391 e. The fourth-order valence-corrected chi connectivity index (χ4v) is 2.13. The van der Waals surface area contributed by atoms with Gasteiger partial charge in [-0.05, 0) is 24.5 Å². The quantitative estimate of drug-likeness (QED) is 0.852. The summed E-state index contributed by atoms with van der Waals surface area (Å²) in [5.74, 6) is -0.642. The predicted molar refractivity (Wildman–Crippen MR) is 75.7 cm³/mol. The Kier molecular flexibility index (Phi) is 5.02. The Morgan fingerprint density at radius 1 is 1.36 bits per heavy atom. The monoisotopic (exact) mass is 312 g/mol. The van der Waals surface area contributed by atoms with Gasteiger partial charge in [0.05, 0.1) is 11.7 Å². The lowest BCUT2D eigenvalue weighted by Crippen LogP contribution is -2.32. The fraction of sp³-hybridized carbons (Fsp3) is 0.500. The lowest BCUT2D eigenvalue weighted by Gasteiger charge is -2.14. The van der Waals surface area contributed by atoms with Crippen LogP contribution in [-0.2, 0) is 0 Å². The molecule has 2 aromatic rings. The summed E-state index contributed by atoms with van der Waals surface area (Å²) in [6, 6.07) is 2.92. The van der Waals surface area contributed by atoms with E-state index in [-0.39, 0.29) is 17.8 Å². The number of pyridine rings is 1. The number of amides is 1. The van der Waals surface area contributed by atoms with E-state index >= 15 is 0 Å². The number of nitrogens with one attached hydrogen (secondary N) is 1. The van der Waals surface area contributed by atoms with Crippen molar-refractivity contribution in [1.29, 1.82) is 0 Å². The van der Waals surface area contributed by atoms with Crippen molar-refractivity contribution in [3.63, 3.8) is 0 Å². The average molecular weight is 312 g/mol. The molecule has 120 valence electrons. The molecule has 0 saturated heterocycles. The standard InChI is InChI=1S/C14H18F2N4O2/c1-8(2)5-10(21)6-17-14(22)9-3-4-11-18-19-13(12(15)16)20(11)7-9/h3-4,7-8,10,12,21H,5-6H2,1-2H3,(H,17,22). The van der Waals surface area contributed by atoms with Crippen LogP contribution in [0.2, 0.25) is 0 Å². The maximum absolute atomic E-state index is 12.8. The number of hydrogen-bond donors (Lipinski definition) is 2. The van der Waals surface area contributed by atoms with E-state index in [9.17, 15) is 18.7 Å². The number of nitrogens with zero attached hydrogens (tertiary/aromatic N) is 3. The molecule has 0 radical (unpaired) electrons. The maximum atomic E-state index is 12.8. The molecular weight excluding hydrogens is 294 g/mol. The van der Waals surface area contributed by atoms with Crippen molar-refractivity contribution in [2.75, 3.05) is 6.54 Å². The molecule has 0 fully saturated rings. The topological polar surface area (TPSA) is 79.5 Å². The second-order valence-corrected chi connectivity index (χ2v) is 5.50. The third-order valence-electron chi connectivity index (χ3n) is 3.13. The van der Waals surface area contributed by atoms with Crippen LogP contribution in [-0.4, -0.2) is 38.3 Å². The Morgan fingerprint density at radius 3 is 2.73 bits per heavy atom. The molecule has 0 aliphatic carbocycles. The SMILES string of the molecule is CC(C)CC(O)CNC(=O)c1ccc2nnc(C(F)F)n2c1. The summed E-state index contributed by atoms with van der Waals surface area (Å²) in [5.41, 5.74) is 0.442. The van der Waals surface area contributed by atoms with Crippen LogP contribution < -0.4 is 5.32 Å². The van der Waals surface area contributed by atoms with Crippen molar-refractivity contribution in [2.45, 2.75) is 32.8 Å². The second kappa shape index (κ2) is 6.78. The molecule has 2 rings (SSSR count). The van der Waals surface area contributed by atoms with Crippen LogP contribution in [0.3, 0.4) is 0 Å². The summed E-state index contributed by atoms with van der Waals surface area (Å²) >= 11 is 0. The van der Waals surface area contributed by atoms with Crippen molar-refractivity contribution in [2.24, 2.45) is 5.92 Å². The van der Waals surface area contributed by atoms with Gasteiger partial charge in [-0.2, -0.15) is 0 Å². The minimum absolute atomic E-state index is 0.110. The molecule has 22 heavy (non-hydrogen) atoms. The van der Waals surface area contributed by atoms with Crippen LogP contribution in [0.15, 0.2) is 18.3 Å². The Morgan fingerprint density at radius 2 is 2.09 bits per heavy atom. The first kappa shape index (κ1) is 16.3. The molecule has 1 amide bonds. The number of fused-ring (bicyclic) bond motifs is 1. The third kappa shape index (κ3) is 3.76. The Bertz CT molecular complexity index is 657. The van der Waals surface area contributed by atoms with Gasteiger partial charge in [-0.1, -0.05) is 13.8 Å². The minimum atomic E-state index is -2.78. The second-order valence-electron chi connectivity index (χ2n) is 5.50. The maximum Gasteiger partial charge on any atom is 0.297 e. The highest BCUT2D eigenvalue weighted by molar-refractivity contribution is 5.94. The summed E-state index contributed by atoms with van der Waals surface area (Å²) in [6.45, 7) is 4.05. The number of hydrogen-bond acceptors (Lipinski definition) is 4. The van der Waals surface area contributed by atoms with Gasteiger partial charge in [-0.25, -0.2) is 8.78 Å². The Balaban J connectivity index is 2.10. The normalized spacial score (nSPS) is 13.0. The van der Waals surface area contributed by atoms with E-state index < -0.39 is 24.3 Å². The average Bonchev–Trinajstić information content (AvgIpc) is 2.87. The van der Waals surface area contributed by atoms with Crippen molar-refractivity contribution < 1.29 is 18.7 Å². The van der Waals surface area contributed by atoms with Gasteiger partial charge in [-0.3, -0.25) is 9.20 Å². The molecular formula is C14H18F2N4O2. The lowest BCUT2D eigenvalue weighted by molar-refractivity contribution is 0.0899. The van der Waals surface area contributed by atoms with Crippen molar-refractivity contribution in [1.82, 2.24) is 19.9 Å². The number of alkyl halides is 2. The molecule has 0 saturated carbocycles. The molecule has 1 unspecified atom stereocenters. The molecule has 2 aromatic heterocycles. The summed E-state index contributed by atoms with van der Waals surface area (Å²) in [4.78, 5) is 12.0. The first-order valence-electron chi connectivity index (χ1n) is 6.97. The van der Waals surface area contributed by atoms with E-state index in [1.165, 1.54) is 18.3 Å². The summed E-state index contributed by atoms with van der Waals surface area (Å²) in [5, 5.41) is 19.3. The number of aliphatic hydroxyl groups is 1. The molecule has 0 aliphatic heterocycles. The van der Waals surface area contributed by atoms with Crippen molar-refractivity contribution in [3.05, 3.63) is 29.7 Å². The summed E-state index contributed by atoms with van der Waals surface area (Å²) < 4.78 is 26.7. The highest BCUT2D eigenvalue weighted by atomic mass is 19.3. The van der Waals surface area contributed by atoms with Crippen LogP contribution >= 0.6 is 0 Å². The number of halogens is 2. The zero-order chi connectivity index (χ0) is 16.3. The van der Waals surface area contributed by atoms with Gasteiger partial charge in [0.2, 0.25) is 5.82 Å². The van der Waals surface area contributed by atoms with E-state index in [1.807, 2.05) is 13.8 Å².